The van der Waals surface area contributed by atoms with Crippen LogP contribution in [0.3, 0.4) is 0 Å². The lowest BCUT2D eigenvalue weighted by Gasteiger charge is -2.18. The van der Waals surface area contributed by atoms with E-state index in [4.69, 9.17) is 23.2 Å². The van der Waals surface area contributed by atoms with Crippen LogP contribution in [0, 0.1) is 5.92 Å². The molecule has 13 heavy (non-hydrogen) atoms. The number of rotatable bonds is 0. The van der Waals surface area contributed by atoms with Crippen molar-refractivity contribution in [3.8, 4) is 0 Å². The Kier molecular flexibility index (Phi) is 2.06. The van der Waals surface area contributed by atoms with Gasteiger partial charge in [-0.25, -0.2) is 9.98 Å². The number of aliphatic imine (C=N–C) groups is 2. The summed E-state index contributed by atoms with van der Waals surface area (Å²) in [5.74, 6) is -0.846. The van der Waals surface area contributed by atoms with Gasteiger partial charge in [-0.15, -0.1) is 0 Å². The van der Waals surface area contributed by atoms with Crippen molar-refractivity contribution in [3.63, 3.8) is 0 Å². The second kappa shape index (κ2) is 3.09. The number of amides is 1. The fraction of sp³-hybridized carbons (Fsp3) is 0.125. The standard InChI is InChI=1S/C8H4Cl2N2O/c9-4-1-5(10)7-6(2-4)11-3-12-8(7)13/h1-3,7H. The Balaban J connectivity index is 2.50. The van der Waals surface area contributed by atoms with E-state index < -0.39 is 5.92 Å². The second-order valence-electron chi connectivity index (χ2n) is 2.63. The van der Waals surface area contributed by atoms with Crippen LogP contribution in [0.5, 0.6) is 0 Å². The monoisotopic (exact) mass is 214 g/mol. The predicted octanol–water partition coefficient (Wildman–Crippen LogP) is 1.87. The molecule has 1 unspecified atom stereocenters. The number of hydrogen-bond donors (Lipinski definition) is 0. The maximum atomic E-state index is 11.3. The Labute approximate surface area is 84.5 Å². The molecule has 0 radical (unpaired) electrons. The molecular formula is C8H4Cl2N2O. The molecule has 5 heteroatoms. The number of allylic oxidation sites excluding steroid dienone is 3. The fourth-order valence-corrected chi connectivity index (χ4v) is 1.81. The second-order valence-corrected chi connectivity index (χ2v) is 3.50. The van der Waals surface area contributed by atoms with Crippen molar-refractivity contribution in [2.24, 2.45) is 15.9 Å². The molecule has 0 spiro atoms. The third kappa shape index (κ3) is 1.45. The quantitative estimate of drug-likeness (QED) is 0.608. The SMILES string of the molecule is O=C1N=CN=C2C=C(Cl)C=C(Cl)C12. The number of fused-ring (bicyclic) bond motifs is 1. The van der Waals surface area contributed by atoms with Gasteiger partial charge in [0.05, 0.1) is 5.71 Å². The third-order valence-electron chi connectivity index (χ3n) is 1.77. The van der Waals surface area contributed by atoms with Gasteiger partial charge in [-0.1, -0.05) is 23.2 Å². The summed E-state index contributed by atoms with van der Waals surface area (Å²) in [6, 6.07) is 0. The molecule has 0 aromatic rings. The highest BCUT2D eigenvalue weighted by Crippen LogP contribution is 2.29. The van der Waals surface area contributed by atoms with Crippen molar-refractivity contribution in [1.82, 2.24) is 0 Å². The van der Waals surface area contributed by atoms with Crippen LogP contribution in [0.4, 0.5) is 0 Å². The fourth-order valence-electron chi connectivity index (χ4n) is 1.21. The number of nitrogens with zero attached hydrogens (tertiary/aromatic N) is 2. The van der Waals surface area contributed by atoms with Gasteiger partial charge >= 0.3 is 0 Å². The van der Waals surface area contributed by atoms with E-state index in [0.29, 0.717) is 15.8 Å². The summed E-state index contributed by atoms with van der Waals surface area (Å²) in [6.07, 6.45) is 4.36. The summed E-state index contributed by atoms with van der Waals surface area (Å²) in [6.45, 7) is 0. The van der Waals surface area contributed by atoms with Crippen LogP contribution in [0.25, 0.3) is 0 Å². The van der Waals surface area contributed by atoms with Gasteiger partial charge < -0.3 is 0 Å². The van der Waals surface area contributed by atoms with E-state index >= 15 is 0 Å². The molecule has 0 N–H and O–H groups in total. The molecule has 0 saturated heterocycles. The van der Waals surface area contributed by atoms with E-state index in [2.05, 4.69) is 9.98 Å². The van der Waals surface area contributed by atoms with Crippen LogP contribution in [0.1, 0.15) is 0 Å². The van der Waals surface area contributed by atoms with Gasteiger partial charge in [0.2, 0.25) is 0 Å². The summed E-state index contributed by atoms with van der Waals surface area (Å²) in [5, 5.41) is 0.844. The zero-order valence-corrected chi connectivity index (χ0v) is 7.88. The molecular weight excluding hydrogens is 211 g/mol. The van der Waals surface area contributed by atoms with Gasteiger partial charge in [0, 0.05) is 10.1 Å². The van der Waals surface area contributed by atoms with E-state index in [1.54, 1.807) is 6.08 Å². The minimum atomic E-state index is -0.547. The zero-order valence-electron chi connectivity index (χ0n) is 6.37. The van der Waals surface area contributed by atoms with Gasteiger partial charge in [0.1, 0.15) is 12.3 Å². The maximum Gasteiger partial charge on any atom is 0.261 e. The van der Waals surface area contributed by atoms with Crippen LogP contribution in [-0.2, 0) is 4.79 Å². The molecule has 0 aromatic carbocycles. The van der Waals surface area contributed by atoms with Crippen molar-refractivity contribution >= 4 is 41.2 Å². The van der Waals surface area contributed by atoms with E-state index in [1.165, 1.54) is 12.4 Å². The number of carbonyl (C=O) groups is 1. The van der Waals surface area contributed by atoms with Crippen molar-refractivity contribution < 1.29 is 4.79 Å². The Morgan fingerprint density at radius 1 is 1.31 bits per heavy atom. The summed E-state index contributed by atoms with van der Waals surface area (Å²) < 4.78 is 0. The minimum Gasteiger partial charge on any atom is -0.271 e. The summed E-state index contributed by atoms with van der Waals surface area (Å²) >= 11 is 11.6. The molecule has 0 saturated carbocycles. The zero-order chi connectivity index (χ0) is 9.42. The van der Waals surface area contributed by atoms with Gasteiger partial charge in [0.15, 0.2) is 0 Å². The van der Waals surface area contributed by atoms with Crippen molar-refractivity contribution in [2.45, 2.75) is 0 Å². The first-order valence-electron chi connectivity index (χ1n) is 3.57. The van der Waals surface area contributed by atoms with Gasteiger partial charge in [-0.2, -0.15) is 0 Å². The van der Waals surface area contributed by atoms with Gasteiger partial charge in [0.25, 0.3) is 5.91 Å². The molecule has 2 aliphatic rings. The molecule has 66 valence electrons. The van der Waals surface area contributed by atoms with Crippen molar-refractivity contribution in [2.75, 3.05) is 0 Å². The highest BCUT2D eigenvalue weighted by molar-refractivity contribution is 6.41. The van der Waals surface area contributed by atoms with Crippen LogP contribution in [0.15, 0.2) is 32.2 Å². The van der Waals surface area contributed by atoms with Crippen LogP contribution in [-0.4, -0.2) is 18.0 Å². The topological polar surface area (TPSA) is 41.8 Å². The molecule has 0 aromatic heterocycles. The highest BCUT2D eigenvalue weighted by Gasteiger charge is 2.30. The average molecular weight is 215 g/mol. The predicted molar refractivity (Wildman–Crippen MR) is 52.3 cm³/mol. The Morgan fingerprint density at radius 3 is 2.85 bits per heavy atom. The van der Waals surface area contributed by atoms with Gasteiger partial charge in [-0.05, 0) is 12.2 Å². The smallest absolute Gasteiger partial charge is 0.261 e. The van der Waals surface area contributed by atoms with E-state index in [9.17, 15) is 4.79 Å². The molecule has 1 heterocycles. The molecule has 2 rings (SSSR count). The first-order chi connectivity index (χ1) is 6.18. The Hall–Kier alpha value is -0.930. The molecule has 1 aliphatic heterocycles. The average Bonchev–Trinajstić information content (AvgIpc) is 2.02. The molecule has 0 fully saturated rings. The van der Waals surface area contributed by atoms with Crippen LogP contribution >= 0.6 is 23.2 Å². The first-order valence-corrected chi connectivity index (χ1v) is 4.32. The lowest BCUT2D eigenvalue weighted by atomic mass is 9.96. The summed E-state index contributed by atoms with van der Waals surface area (Å²) in [7, 11) is 0. The lowest BCUT2D eigenvalue weighted by Crippen LogP contribution is -2.26. The first kappa shape index (κ1) is 8.66. The third-order valence-corrected chi connectivity index (χ3v) is 2.32. The van der Waals surface area contributed by atoms with E-state index in [0.717, 1.165) is 0 Å². The van der Waals surface area contributed by atoms with E-state index in [1.807, 2.05) is 0 Å². The largest absolute Gasteiger partial charge is 0.271 e. The number of carbonyl (C=O) groups excluding carboxylic acids is 1. The summed E-state index contributed by atoms with van der Waals surface area (Å²) in [5.41, 5.74) is 0.553. The molecule has 0 bridgehead atoms. The number of hydrogen-bond acceptors (Lipinski definition) is 2. The maximum absolute atomic E-state index is 11.3. The molecule has 1 atom stereocenters. The van der Waals surface area contributed by atoms with Crippen LogP contribution in [0.2, 0.25) is 0 Å². The van der Waals surface area contributed by atoms with E-state index in [-0.39, 0.29) is 5.91 Å². The summed E-state index contributed by atoms with van der Waals surface area (Å²) in [4.78, 5) is 18.7. The molecule has 1 amide bonds. The van der Waals surface area contributed by atoms with Crippen molar-refractivity contribution in [1.29, 1.82) is 0 Å². The Morgan fingerprint density at radius 2 is 2.08 bits per heavy atom. The van der Waals surface area contributed by atoms with Gasteiger partial charge in [-0.3, -0.25) is 4.79 Å². The number of halogens is 2. The molecule has 3 nitrogen and oxygen atoms in total. The minimum absolute atomic E-state index is 0.299. The highest BCUT2D eigenvalue weighted by atomic mass is 35.5. The van der Waals surface area contributed by atoms with Crippen molar-refractivity contribution in [3.05, 3.63) is 22.2 Å². The normalized spacial score (nSPS) is 26.2. The Bertz CT molecular complexity index is 393. The lowest BCUT2D eigenvalue weighted by molar-refractivity contribution is -0.118. The van der Waals surface area contributed by atoms with Crippen LogP contribution < -0.4 is 0 Å². The molecule has 1 aliphatic carbocycles.